The van der Waals surface area contributed by atoms with Gasteiger partial charge in [0.25, 0.3) is 0 Å². The number of nitrogens with one attached hydrogen (secondary N) is 1. The van der Waals surface area contributed by atoms with Gasteiger partial charge in [-0.1, -0.05) is 78.4 Å². The molecule has 134 valence electrons. The summed E-state index contributed by atoms with van der Waals surface area (Å²) in [5.74, 6) is 0. The summed E-state index contributed by atoms with van der Waals surface area (Å²) in [4.78, 5) is 0.226. The van der Waals surface area contributed by atoms with Gasteiger partial charge in [-0.25, -0.2) is 13.1 Å². The second-order valence-electron chi connectivity index (χ2n) is 6.26. The van der Waals surface area contributed by atoms with Gasteiger partial charge in [0.1, 0.15) is 0 Å². The van der Waals surface area contributed by atoms with Gasteiger partial charge in [0.15, 0.2) is 0 Å². The summed E-state index contributed by atoms with van der Waals surface area (Å²) in [5, 5.41) is 0. The van der Waals surface area contributed by atoms with Crippen LogP contribution in [0.2, 0.25) is 0 Å². The minimum absolute atomic E-state index is 0.226. The molecule has 0 aliphatic heterocycles. The predicted octanol–water partition coefficient (Wildman–Crippen LogP) is 3.71. The fourth-order valence-electron chi connectivity index (χ4n) is 2.83. The Kier molecular flexibility index (Phi) is 5.52. The average molecular weight is 366 g/mol. The van der Waals surface area contributed by atoms with E-state index < -0.39 is 22.1 Å². The van der Waals surface area contributed by atoms with Crippen molar-refractivity contribution in [3.05, 3.63) is 102 Å². The largest absolute Gasteiger partial charge is 0.322 e. The Hall–Kier alpha value is -2.47. The summed E-state index contributed by atoms with van der Waals surface area (Å²) in [6, 6.07) is 24.6. The fourth-order valence-corrected chi connectivity index (χ4v) is 4.08. The van der Waals surface area contributed by atoms with E-state index in [1.54, 1.807) is 24.3 Å². The molecule has 2 atom stereocenters. The molecule has 0 aromatic heterocycles. The van der Waals surface area contributed by atoms with Gasteiger partial charge in [-0.2, -0.15) is 0 Å². The Morgan fingerprint density at radius 3 is 1.81 bits per heavy atom. The maximum absolute atomic E-state index is 12.9. The van der Waals surface area contributed by atoms with Crippen molar-refractivity contribution >= 4 is 10.0 Å². The lowest BCUT2D eigenvalue weighted by Gasteiger charge is -2.26. The van der Waals surface area contributed by atoms with E-state index in [2.05, 4.69) is 4.72 Å². The van der Waals surface area contributed by atoms with Crippen LogP contribution in [0.3, 0.4) is 0 Å². The minimum atomic E-state index is -3.71. The molecule has 0 saturated heterocycles. The van der Waals surface area contributed by atoms with Crippen molar-refractivity contribution in [2.75, 3.05) is 0 Å². The number of sulfonamides is 1. The molecule has 1 unspecified atom stereocenters. The number of hydrogen-bond acceptors (Lipinski definition) is 3. The molecular weight excluding hydrogens is 344 g/mol. The summed E-state index contributed by atoms with van der Waals surface area (Å²) in [7, 11) is -3.71. The molecule has 0 amide bonds. The van der Waals surface area contributed by atoms with Gasteiger partial charge in [0.05, 0.1) is 17.0 Å². The molecule has 3 aromatic carbocycles. The second-order valence-corrected chi connectivity index (χ2v) is 7.97. The highest BCUT2D eigenvalue weighted by molar-refractivity contribution is 7.89. The lowest BCUT2D eigenvalue weighted by Crippen LogP contribution is -2.36. The molecule has 0 aliphatic carbocycles. The molecule has 0 fully saturated rings. The van der Waals surface area contributed by atoms with Crippen LogP contribution in [0.15, 0.2) is 89.8 Å². The molecule has 3 N–H and O–H groups in total. The highest BCUT2D eigenvalue weighted by Crippen LogP contribution is 2.28. The van der Waals surface area contributed by atoms with E-state index in [-0.39, 0.29) is 4.90 Å². The molecule has 0 bridgehead atoms. The first-order valence-corrected chi connectivity index (χ1v) is 9.90. The molecule has 0 heterocycles. The van der Waals surface area contributed by atoms with Crippen LogP contribution in [0.4, 0.5) is 0 Å². The third-order valence-corrected chi connectivity index (χ3v) is 5.77. The molecular formula is C21H22N2O2S. The third kappa shape index (κ3) is 4.19. The number of nitrogens with two attached hydrogens (primary N) is 1. The zero-order chi connectivity index (χ0) is 18.6. The van der Waals surface area contributed by atoms with Gasteiger partial charge >= 0.3 is 0 Å². The molecule has 0 saturated carbocycles. The van der Waals surface area contributed by atoms with Crippen molar-refractivity contribution < 1.29 is 8.42 Å². The van der Waals surface area contributed by atoms with E-state index in [4.69, 9.17) is 5.73 Å². The average Bonchev–Trinajstić information content (AvgIpc) is 2.67. The molecule has 4 nitrogen and oxygen atoms in total. The van der Waals surface area contributed by atoms with Crippen molar-refractivity contribution in [3.63, 3.8) is 0 Å². The number of benzene rings is 3. The third-order valence-electron chi connectivity index (χ3n) is 4.32. The Morgan fingerprint density at radius 1 is 0.769 bits per heavy atom. The minimum Gasteiger partial charge on any atom is -0.322 e. The normalized spacial score (nSPS) is 13.9. The molecule has 5 heteroatoms. The van der Waals surface area contributed by atoms with E-state index in [9.17, 15) is 8.42 Å². The van der Waals surface area contributed by atoms with Crippen molar-refractivity contribution in [1.29, 1.82) is 0 Å². The summed E-state index contributed by atoms with van der Waals surface area (Å²) in [6.07, 6.45) is 0. The lowest BCUT2D eigenvalue weighted by atomic mass is 9.95. The number of rotatable bonds is 6. The predicted molar refractivity (Wildman–Crippen MR) is 104 cm³/mol. The SMILES string of the molecule is Cc1ccc(S(=O)(=O)NC(c2ccccc2)[C@@H](N)c2ccccc2)cc1. The zero-order valence-electron chi connectivity index (χ0n) is 14.5. The van der Waals surface area contributed by atoms with Gasteiger partial charge in [-0.3, -0.25) is 0 Å². The molecule has 0 aliphatic rings. The van der Waals surface area contributed by atoms with Crippen LogP contribution in [0, 0.1) is 6.92 Å². The van der Waals surface area contributed by atoms with Crippen LogP contribution in [0.25, 0.3) is 0 Å². The first-order chi connectivity index (χ1) is 12.5. The smallest absolute Gasteiger partial charge is 0.241 e. The first-order valence-electron chi connectivity index (χ1n) is 8.42. The molecule has 3 rings (SSSR count). The van der Waals surface area contributed by atoms with Gasteiger partial charge < -0.3 is 5.73 Å². The highest BCUT2D eigenvalue weighted by Gasteiger charge is 2.27. The number of aryl methyl sites for hydroxylation is 1. The molecule has 3 aromatic rings. The summed E-state index contributed by atoms with van der Waals surface area (Å²) in [6.45, 7) is 1.92. The maximum Gasteiger partial charge on any atom is 0.241 e. The van der Waals surface area contributed by atoms with Gasteiger partial charge in [0.2, 0.25) is 10.0 Å². The van der Waals surface area contributed by atoms with Crippen LogP contribution >= 0.6 is 0 Å². The maximum atomic E-state index is 12.9. The highest BCUT2D eigenvalue weighted by atomic mass is 32.2. The topological polar surface area (TPSA) is 72.2 Å². The Bertz CT molecular complexity index is 940. The van der Waals surface area contributed by atoms with E-state index in [0.29, 0.717) is 0 Å². The number of hydrogen-bond donors (Lipinski definition) is 2. The second kappa shape index (κ2) is 7.83. The Morgan fingerprint density at radius 2 is 1.27 bits per heavy atom. The van der Waals surface area contributed by atoms with E-state index >= 15 is 0 Å². The van der Waals surface area contributed by atoms with Crippen molar-refractivity contribution in [3.8, 4) is 0 Å². The Labute approximate surface area is 154 Å². The summed E-state index contributed by atoms with van der Waals surface area (Å²) < 4.78 is 28.6. The standard InChI is InChI=1S/C21H22N2O2S/c1-16-12-14-19(15-13-16)26(24,25)23-21(18-10-6-3-7-11-18)20(22)17-8-4-2-5-9-17/h2-15,20-21,23H,22H2,1H3/t20-,21?/m0/s1. The van der Waals surface area contributed by atoms with Crippen LogP contribution in [-0.4, -0.2) is 8.42 Å². The summed E-state index contributed by atoms with van der Waals surface area (Å²) >= 11 is 0. The molecule has 26 heavy (non-hydrogen) atoms. The van der Waals surface area contributed by atoms with Crippen LogP contribution in [-0.2, 0) is 10.0 Å². The monoisotopic (exact) mass is 366 g/mol. The van der Waals surface area contributed by atoms with Crippen molar-refractivity contribution in [2.24, 2.45) is 5.73 Å². The first kappa shape index (κ1) is 18.3. The van der Waals surface area contributed by atoms with Crippen LogP contribution in [0.1, 0.15) is 28.8 Å². The van der Waals surface area contributed by atoms with Crippen LogP contribution in [0.5, 0.6) is 0 Å². The lowest BCUT2D eigenvalue weighted by molar-refractivity contribution is 0.504. The van der Waals surface area contributed by atoms with Gasteiger partial charge in [-0.05, 0) is 30.2 Å². The Balaban J connectivity index is 1.97. The van der Waals surface area contributed by atoms with Gasteiger partial charge in [-0.15, -0.1) is 0 Å². The van der Waals surface area contributed by atoms with Crippen LogP contribution < -0.4 is 10.5 Å². The zero-order valence-corrected chi connectivity index (χ0v) is 15.4. The van der Waals surface area contributed by atoms with Gasteiger partial charge in [0, 0.05) is 0 Å². The quantitative estimate of drug-likeness (QED) is 0.698. The summed E-state index contributed by atoms with van der Waals surface area (Å²) in [5.41, 5.74) is 9.15. The molecule has 0 spiro atoms. The molecule has 0 radical (unpaired) electrons. The fraction of sp³-hybridized carbons (Fsp3) is 0.143. The van der Waals surface area contributed by atoms with E-state index in [0.717, 1.165) is 16.7 Å². The van der Waals surface area contributed by atoms with Crippen molar-refractivity contribution in [2.45, 2.75) is 23.9 Å². The van der Waals surface area contributed by atoms with E-state index in [1.807, 2.05) is 67.6 Å². The van der Waals surface area contributed by atoms with E-state index in [1.165, 1.54) is 0 Å². The van der Waals surface area contributed by atoms with Crippen molar-refractivity contribution in [1.82, 2.24) is 4.72 Å².